The van der Waals surface area contributed by atoms with Gasteiger partial charge in [-0.25, -0.2) is 0 Å². The van der Waals surface area contributed by atoms with Gasteiger partial charge in [0.2, 0.25) is 0 Å². The molecule has 1 aliphatic rings. The van der Waals surface area contributed by atoms with E-state index in [0.29, 0.717) is 6.42 Å². The number of hydrogen-bond acceptors (Lipinski definition) is 4. The monoisotopic (exact) mass is 263 g/mol. The molecule has 0 fully saturated rings. The van der Waals surface area contributed by atoms with Crippen molar-refractivity contribution in [2.45, 2.75) is 25.9 Å². The SMILES string of the molecule is CCN(CCC(N)=NO)CC1Cc2ccccc2O1. The molecule has 0 radical (unpaired) electrons. The molecule has 0 spiro atoms. The van der Waals surface area contributed by atoms with Gasteiger partial charge < -0.3 is 15.7 Å². The highest BCUT2D eigenvalue weighted by Gasteiger charge is 2.23. The van der Waals surface area contributed by atoms with Crippen molar-refractivity contribution in [3.8, 4) is 5.75 Å². The molecule has 0 aromatic heterocycles. The first-order valence-corrected chi connectivity index (χ1v) is 6.66. The highest BCUT2D eigenvalue weighted by Crippen LogP contribution is 2.28. The molecule has 1 atom stereocenters. The second-order valence-electron chi connectivity index (χ2n) is 4.79. The van der Waals surface area contributed by atoms with Gasteiger partial charge in [0.05, 0.1) is 0 Å². The number of benzene rings is 1. The first kappa shape index (κ1) is 13.7. The third-order valence-corrected chi connectivity index (χ3v) is 3.44. The predicted molar refractivity (Wildman–Crippen MR) is 74.7 cm³/mol. The van der Waals surface area contributed by atoms with Crippen LogP contribution in [-0.4, -0.2) is 41.7 Å². The van der Waals surface area contributed by atoms with Gasteiger partial charge in [0.1, 0.15) is 17.7 Å². The molecule has 0 saturated heterocycles. The van der Waals surface area contributed by atoms with Crippen molar-refractivity contribution >= 4 is 5.84 Å². The summed E-state index contributed by atoms with van der Waals surface area (Å²) in [5.74, 6) is 1.27. The summed E-state index contributed by atoms with van der Waals surface area (Å²) in [7, 11) is 0. The highest BCUT2D eigenvalue weighted by atomic mass is 16.5. The fraction of sp³-hybridized carbons (Fsp3) is 0.500. The number of rotatable bonds is 6. The lowest BCUT2D eigenvalue weighted by atomic mass is 10.1. The molecule has 1 aromatic carbocycles. The van der Waals surface area contributed by atoms with Crippen molar-refractivity contribution in [1.82, 2.24) is 4.90 Å². The van der Waals surface area contributed by atoms with Crippen LogP contribution < -0.4 is 10.5 Å². The maximum absolute atomic E-state index is 8.54. The topological polar surface area (TPSA) is 71.1 Å². The van der Waals surface area contributed by atoms with Crippen molar-refractivity contribution in [1.29, 1.82) is 0 Å². The Kier molecular flexibility index (Phi) is 4.63. The van der Waals surface area contributed by atoms with Gasteiger partial charge in [0.15, 0.2) is 0 Å². The quantitative estimate of drug-likeness (QED) is 0.353. The second-order valence-corrected chi connectivity index (χ2v) is 4.79. The van der Waals surface area contributed by atoms with Crippen molar-refractivity contribution in [2.24, 2.45) is 10.9 Å². The molecule has 1 unspecified atom stereocenters. The lowest BCUT2D eigenvalue weighted by molar-refractivity contribution is 0.156. The Labute approximate surface area is 113 Å². The molecule has 1 heterocycles. The maximum atomic E-state index is 8.54. The van der Waals surface area contributed by atoms with Gasteiger partial charge in [0.25, 0.3) is 0 Å². The van der Waals surface area contributed by atoms with Crippen LogP contribution in [0, 0.1) is 0 Å². The van der Waals surface area contributed by atoms with Gasteiger partial charge in [-0.2, -0.15) is 0 Å². The summed E-state index contributed by atoms with van der Waals surface area (Å²) in [6, 6.07) is 8.17. The molecule has 19 heavy (non-hydrogen) atoms. The van der Waals surface area contributed by atoms with E-state index in [-0.39, 0.29) is 11.9 Å². The minimum absolute atomic E-state index is 0.199. The van der Waals surface area contributed by atoms with E-state index in [2.05, 4.69) is 23.0 Å². The Hall–Kier alpha value is -1.75. The highest BCUT2D eigenvalue weighted by molar-refractivity contribution is 5.79. The van der Waals surface area contributed by atoms with Crippen molar-refractivity contribution in [2.75, 3.05) is 19.6 Å². The van der Waals surface area contributed by atoms with Crippen molar-refractivity contribution < 1.29 is 9.94 Å². The normalized spacial score (nSPS) is 18.4. The van der Waals surface area contributed by atoms with E-state index in [1.807, 2.05) is 18.2 Å². The zero-order valence-corrected chi connectivity index (χ0v) is 11.2. The zero-order chi connectivity index (χ0) is 13.7. The predicted octanol–water partition coefficient (Wildman–Crippen LogP) is 1.45. The van der Waals surface area contributed by atoms with E-state index in [1.165, 1.54) is 5.56 Å². The molecular weight excluding hydrogens is 242 g/mol. The first-order chi connectivity index (χ1) is 9.22. The summed E-state index contributed by atoms with van der Waals surface area (Å²) < 4.78 is 5.92. The first-order valence-electron chi connectivity index (χ1n) is 6.66. The third-order valence-electron chi connectivity index (χ3n) is 3.44. The summed E-state index contributed by atoms with van der Waals surface area (Å²) >= 11 is 0. The van der Waals surface area contributed by atoms with E-state index in [0.717, 1.165) is 31.8 Å². The number of oxime groups is 1. The maximum Gasteiger partial charge on any atom is 0.140 e. The molecule has 0 amide bonds. The van der Waals surface area contributed by atoms with Crippen LogP contribution in [0.3, 0.4) is 0 Å². The van der Waals surface area contributed by atoms with Crippen molar-refractivity contribution in [3.05, 3.63) is 29.8 Å². The molecule has 2 rings (SSSR count). The number of fused-ring (bicyclic) bond motifs is 1. The average Bonchev–Trinajstić information content (AvgIpc) is 2.85. The minimum Gasteiger partial charge on any atom is -0.488 e. The van der Waals surface area contributed by atoms with Crippen LogP contribution in [0.15, 0.2) is 29.4 Å². The molecule has 0 aliphatic carbocycles. The number of para-hydroxylation sites is 1. The van der Waals surface area contributed by atoms with Crippen LogP contribution in [0.4, 0.5) is 0 Å². The summed E-state index contributed by atoms with van der Waals surface area (Å²) in [6.07, 6.45) is 1.73. The summed E-state index contributed by atoms with van der Waals surface area (Å²) in [4.78, 5) is 2.26. The van der Waals surface area contributed by atoms with Gasteiger partial charge >= 0.3 is 0 Å². The molecule has 104 valence electrons. The molecule has 1 aromatic rings. The van der Waals surface area contributed by atoms with E-state index >= 15 is 0 Å². The minimum atomic E-state index is 0.199. The van der Waals surface area contributed by atoms with E-state index in [4.69, 9.17) is 15.7 Å². The molecular formula is C14H21N3O2. The summed E-state index contributed by atoms with van der Waals surface area (Å²) in [6.45, 7) is 4.68. The summed E-state index contributed by atoms with van der Waals surface area (Å²) in [5, 5.41) is 11.5. The van der Waals surface area contributed by atoms with E-state index in [9.17, 15) is 0 Å². The Morgan fingerprint density at radius 1 is 1.53 bits per heavy atom. The Balaban J connectivity index is 1.84. The van der Waals surface area contributed by atoms with Gasteiger partial charge in [0, 0.05) is 25.9 Å². The fourth-order valence-electron chi connectivity index (χ4n) is 2.34. The van der Waals surface area contributed by atoms with Gasteiger partial charge in [-0.15, -0.1) is 0 Å². The number of amidine groups is 1. The average molecular weight is 263 g/mol. The van der Waals surface area contributed by atoms with Crippen LogP contribution in [0.25, 0.3) is 0 Å². The Morgan fingerprint density at radius 2 is 2.32 bits per heavy atom. The van der Waals surface area contributed by atoms with Crippen LogP contribution in [-0.2, 0) is 6.42 Å². The smallest absolute Gasteiger partial charge is 0.140 e. The largest absolute Gasteiger partial charge is 0.488 e. The fourth-order valence-corrected chi connectivity index (χ4v) is 2.34. The van der Waals surface area contributed by atoms with Gasteiger partial charge in [-0.1, -0.05) is 30.3 Å². The summed E-state index contributed by atoms with van der Waals surface area (Å²) in [5.41, 5.74) is 6.77. The van der Waals surface area contributed by atoms with Crippen LogP contribution in [0.2, 0.25) is 0 Å². The van der Waals surface area contributed by atoms with Crippen molar-refractivity contribution in [3.63, 3.8) is 0 Å². The van der Waals surface area contributed by atoms with Crippen LogP contribution in [0.1, 0.15) is 18.9 Å². The standard InChI is InChI=1S/C14H21N3O2/c1-2-17(8-7-14(15)16-18)10-12-9-11-5-3-4-6-13(11)19-12/h3-6,12,18H,2,7-10H2,1H3,(H2,15,16). The number of likely N-dealkylation sites (N-methyl/N-ethyl adjacent to an activating group) is 1. The molecule has 0 saturated carbocycles. The molecule has 0 bridgehead atoms. The molecule has 5 heteroatoms. The number of hydrogen-bond donors (Lipinski definition) is 2. The van der Waals surface area contributed by atoms with Crippen LogP contribution >= 0.6 is 0 Å². The number of ether oxygens (including phenoxy) is 1. The lowest BCUT2D eigenvalue weighted by Gasteiger charge is -2.23. The lowest BCUT2D eigenvalue weighted by Crippen LogP contribution is -2.36. The number of nitrogens with zero attached hydrogens (tertiary/aromatic N) is 2. The molecule has 3 N–H and O–H groups in total. The molecule has 5 nitrogen and oxygen atoms in total. The Bertz CT molecular complexity index is 423. The zero-order valence-electron chi connectivity index (χ0n) is 11.2. The van der Waals surface area contributed by atoms with Crippen LogP contribution in [0.5, 0.6) is 5.75 Å². The second kappa shape index (κ2) is 6.43. The van der Waals surface area contributed by atoms with E-state index in [1.54, 1.807) is 0 Å². The van der Waals surface area contributed by atoms with Gasteiger partial charge in [-0.05, 0) is 18.2 Å². The molecule has 1 aliphatic heterocycles. The van der Waals surface area contributed by atoms with E-state index < -0.39 is 0 Å². The Morgan fingerprint density at radius 3 is 3.00 bits per heavy atom. The third kappa shape index (κ3) is 3.61. The number of nitrogens with two attached hydrogens (primary N) is 1. The van der Waals surface area contributed by atoms with Gasteiger partial charge in [-0.3, -0.25) is 4.90 Å².